The molecule has 0 spiro atoms. The van der Waals surface area contributed by atoms with Crippen molar-refractivity contribution in [1.82, 2.24) is 24.5 Å². The van der Waals surface area contributed by atoms with Crippen LogP contribution < -0.4 is 4.90 Å². The van der Waals surface area contributed by atoms with Crippen LogP contribution in [0, 0.1) is 5.92 Å². The van der Waals surface area contributed by atoms with E-state index in [4.69, 9.17) is 5.10 Å². The van der Waals surface area contributed by atoms with Crippen molar-refractivity contribution in [2.45, 2.75) is 18.1 Å². The number of aromatic nitrogens is 5. The van der Waals surface area contributed by atoms with Crippen molar-refractivity contribution < 1.29 is 9.90 Å². The number of hydrogen-bond acceptors (Lipinski definition) is 5. The minimum atomic E-state index is -0.717. The molecule has 44 heavy (non-hydrogen) atoms. The van der Waals surface area contributed by atoms with Gasteiger partial charge in [-0.2, -0.15) is 10.2 Å². The number of carboxylic acids is 1. The zero-order chi connectivity index (χ0) is 30.3. The molecule has 1 atom stereocenters. The van der Waals surface area contributed by atoms with Gasteiger partial charge in [0.05, 0.1) is 17.6 Å². The molecule has 0 radical (unpaired) electrons. The molecule has 1 N–H and O–H groups in total. The SMILES string of the molecule is Cn1cc(-c2ccc3c(c2)c(-c2ccnc(N4CCC(C(=O)O)CC4)c2)nn3C(P)(c2ccccc2)c2ccccc2)cn1. The third-order valence-electron chi connectivity index (χ3n) is 8.67. The number of nitrogens with zero attached hydrogens (tertiary/aromatic N) is 6. The minimum Gasteiger partial charge on any atom is -0.481 e. The Morgan fingerprint density at radius 3 is 2.18 bits per heavy atom. The fourth-order valence-corrected chi connectivity index (χ4v) is 6.82. The lowest BCUT2D eigenvalue weighted by Crippen LogP contribution is -2.36. The lowest BCUT2D eigenvalue weighted by molar-refractivity contribution is -0.142. The molecule has 1 aliphatic heterocycles. The monoisotopic (exact) mass is 600 g/mol. The Labute approximate surface area is 258 Å². The van der Waals surface area contributed by atoms with Crippen LogP contribution in [0.5, 0.6) is 0 Å². The van der Waals surface area contributed by atoms with Crippen molar-refractivity contribution in [3.05, 3.63) is 121 Å². The molecule has 0 saturated carbocycles. The summed E-state index contributed by atoms with van der Waals surface area (Å²) in [6.45, 7) is 1.31. The highest BCUT2D eigenvalue weighted by molar-refractivity contribution is 7.19. The molecule has 4 heterocycles. The zero-order valence-corrected chi connectivity index (χ0v) is 25.6. The molecular weight excluding hydrogens is 567 g/mol. The first-order valence-electron chi connectivity index (χ1n) is 14.8. The second-order valence-corrected chi connectivity index (χ2v) is 12.2. The number of pyridine rings is 1. The highest BCUT2D eigenvalue weighted by Gasteiger charge is 2.35. The highest BCUT2D eigenvalue weighted by atomic mass is 31.0. The molecule has 0 aliphatic carbocycles. The van der Waals surface area contributed by atoms with Gasteiger partial charge in [0.2, 0.25) is 0 Å². The second-order valence-electron chi connectivity index (χ2n) is 11.4. The number of fused-ring (bicyclic) bond motifs is 1. The van der Waals surface area contributed by atoms with E-state index in [2.05, 4.69) is 102 Å². The van der Waals surface area contributed by atoms with Crippen LogP contribution in [0.3, 0.4) is 0 Å². The van der Waals surface area contributed by atoms with Crippen molar-refractivity contribution >= 4 is 31.9 Å². The van der Waals surface area contributed by atoms with Crippen LogP contribution in [0.1, 0.15) is 24.0 Å². The third kappa shape index (κ3) is 4.95. The lowest BCUT2D eigenvalue weighted by atomic mass is 9.97. The van der Waals surface area contributed by atoms with Gasteiger partial charge in [-0.05, 0) is 53.8 Å². The van der Waals surface area contributed by atoms with Gasteiger partial charge in [-0.1, -0.05) is 76.0 Å². The molecule has 0 amide bonds. The number of benzene rings is 3. The molecule has 220 valence electrons. The summed E-state index contributed by atoms with van der Waals surface area (Å²) in [5, 5.41) is 19.6. The van der Waals surface area contributed by atoms with Crippen LogP contribution in [0.2, 0.25) is 0 Å². The van der Waals surface area contributed by atoms with Gasteiger partial charge >= 0.3 is 5.97 Å². The summed E-state index contributed by atoms with van der Waals surface area (Å²) in [4.78, 5) is 18.4. The summed E-state index contributed by atoms with van der Waals surface area (Å²) >= 11 is 0. The Bertz CT molecular complexity index is 1910. The molecule has 6 aromatic rings. The van der Waals surface area contributed by atoms with E-state index in [1.165, 1.54) is 0 Å². The van der Waals surface area contributed by atoms with Crippen LogP contribution in [0.25, 0.3) is 33.3 Å². The number of piperidine rings is 1. The van der Waals surface area contributed by atoms with Gasteiger partial charge in [0.15, 0.2) is 0 Å². The first kappa shape index (κ1) is 28.0. The summed E-state index contributed by atoms with van der Waals surface area (Å²) in [5.41, 5.74) is 7.10. The van der Waals surface area contributed by atoms with E-state index < -0.39 is 11.2 Å². The summed E-state index contributed by atoms with van der Waals surface area (Å²) in [7, 11) is 5.03. The molecule has 1 saturated heterocycles. The molecule has 1 aliphatic rings. The zero-order valence-electron chi connectivity index (χ0n) is 24.4. The molecule has 1 fully saturated rings. The molecule has 3 aromatic heterocycles. The molecule has 1 unspecified atom stereocenters. The van der Waals surface area contributed by atoms with Crippen molar-refractivity contribution in [2.75, 3.05) is 18.0 Å². The van der Waals surface area contributed by atoms with E-state index in [0.717, 1.165) is 50.2 Å². The maximum absolute atomic E-state index is 11.5. The maximum atomic E-state index is 11.5. The number of carbonyl (C=O) groups is 1. The summed E-state index contributed by atoms with van der Waals surface area (Å²) in [5.74, 6) is -0.183. The first-order valence-corrected chi connectivity index (χ1v) is 15.4. The average molecular weight is 601 g/mol. The van der Waals surface area contributed by atoms with Crippen LogP contribution >= 0.6 is 9.24 Å². The Hall–Kier alpha value is -4.81. The topological polar surface area (TPSA) is 89.1 Å². The Morgan fingerprint density at radius 1 is 0.886 bits per heavy atom. The van der Waals surface area contributed by atoms with Gasteiger partial charge in [-0.25, -0.2) is 9.67 Å². The number of rotatable bonds is 7. The molecule has 0 bridgehead atoms. The quantitative estimate of drug-likeness (QED) is 0.213. The largest absolute Gasteiger partial charge is 0.481 e. The lowest BCUT2D eigenvalue weighted by Gasteiger charge is -2.32. The van der Waals surface area contributed by atoms with Crippen molar-refractivity contribution in [3.63, 3.8) is 0 Å². The second kappa shape index (κ2) is 11.4. The van der Waals surface area contributed by atoms with Gasteiger partial charge in [-0.3, -0.25) is 9.48 Å². The third-order valence-corrected chi connectivity index (χ3v) is 9.58. The van der Waals surface area contributed by atoms with E-state index in [1.54, 1.807) is 0 Å². The van der Waals surface area contributed by atoms with Crippen molar-refractivity contribution in [2.24, 2.45) is 13.0 Å². The fourth-order valence-electron chi connectivity index (χ4n) is 6.24. The van der Waals surface area contributed by atoms with Gasteiger partial charge in [0.1, 0.15) is 16.8 Å². The summed E-state index contributed by atoms with van der Waals surface area (Å²) < 4.78 is 3.93. The smallest absolute Gasteiger partial charge is 0.306 e. The van der Waals surface area contributed by atoms with Crippen LogP contribution in [0.4, 0.5) is 5.82 Å². The normalized spacial score (nSPS) is 14.3. The van der Waals surface area contributed by atoms with Crippen LogP contribution in [-0.2, 0) is 17.1 Å². The van der Waals surface area contributed by atoms with Gasteiger partial charge in [0, 0.05) is 49.0 Å². The molecule has 9 heteroatoms. The fraction of sp³-hybridized carbons (Fsp3) is 0.200. The number of hydrogen-bond donors (Lipinski definition) is 1. The minimum absolute atomic E-state index is 0.300. The molecule has 3 aromatic carbocycles. The number of anilines is 1. The van der Waals surface area contributed by atoms with E-state index in [-0.39, 0.29) is 5.92 Å². The highest BCUT2D eigenvalue weighted by Crippen LogP contribution is 2.44. The number of carboxylic acid groups (broad SMARTS) is 1. The van der Waals surface area contributed by atoms with Crippen molar-refractivity contribution in [3.8, 4) is 22.4 Å². The van der Waals surface area contributed by atoms with E-state index >= 15 is 0 Å². The van der Waals surface area contributed by atoms with Gasteiger partial charge in [0.25, 0.3) is 0 Å². The summed E-state index contributed by atoms with van der Waals surface area (Å²) in [6.07, 6.45) is 6.94. The average Bonchev–Trinajstić information content (AvgIpc) is 3.69. The van der Waals surface area contributed by atoms with Gasteiger partial charge < -0.3 is 10.0 Å². The molecule has 8 nitrogen and oxygen atoms in total. The Morgan fingerprint density at radius 2 is 1.57 bits per heavy atom. The van der Waals surface area contributed by atoms with Crippen molar-refractivity contribution in [1.29, 1.82) is 0 Å². The van der Waals surface area contributed by atoms with Gasteiger partial charge in [-0.15, -0.1) is 0 Å². The number of aryl methyl sites for hydroxylation is 1. The number of aliphatic carboxylic acids is 1. The Kier molecular flexibility index (Phi) is 7.23. The predicted molar refractivity (Wildman–Crippen MR) is 177 cm³/mol. The van der Waals surface area contributed by atoms with E-state index in [9.17, 15) is 9.90 Å². The van der Waals surface area contributed by atoms with Crippen LogP contribution in [0.15, 0.2) is 110 Å². The predicted octanol–water partition coefficient (Wildman–Crippen LogP) is 6.42. The summed E-state index contributed by atoms with van der Waals surface area (Å²) in [6, 6.07) is 31.4. The molecule has 7 rings (SSSR count). The van der Waals surface area contributed by atoms with Crippen LogP contribution in [-0.4, -0.2) is 48.7 Å². The molecular formula is C35H33N6O2P. The Balaban J connectivity index is 1.42. The first-order chi connectivity index (χ1) is 21.4. The van der Waals surface area contributed by atoms with E-state index in [1.807, 2.05) is 48.5 Å². The standard InChI is InChI=1S/C35H33N6O2P/c1-39-23-27(22-37-39)25-12-13-31-30(20-25)33(26-14-17-36-32(21-26)40-18-15-24(16-19-40)34(42)43)38-41(31)35(44,28-8-4-2-5-9-28)29-10-6-3-7-11-29/h2-14,17,20-24H,15-16,18-19,44H2,1H3,(H,42,43). The maximum Gasteiger partial charge on any atom is 0.306 e. The van der Waals surface area contributed by atoms with E-state index in [0.29, 0.717) is 25.9 Å².